The second kappa shape index (κ2) is 5.12. The van der Waals surface area contributed by atoms with E-state index in [1.807, 2.05) is 0 Å². The minimum atomic E-state index is -3.68. The van der Waals surface area contributed by atoms with E-state index in [1.54, 1.807) is 6.92 Å². The third kappa shape index (κ3) is 2.37. The lowest BCUT2D eigenvalue weighted by Crippen LogP contribution is -2.52. The minimum absolute atomic E-state index is 0.154. The normalized spacial score (nSPS) is 31.6. The summed E-state index contributed by atoms with van der Waals surface area (Å²) in [4.78, 5) is 11.2. The van der Waals surface area contributed by atoms with E-state index >= 15 is 0 Å². The lowest BCUT2D eigenvalue weighted by atomic mass is 10.0. The van der Waals surface area contributed by atoms with Gasteiger partial charge >= 0.3 is 5.97 Å². The van der Waals surface area contributed by atoms with Crippen LogP contribution in [0.2, 0.25) is 0 Å². The molecule has 2 saturated heterocycles. The van der Waals surface area contributed by atoms with Crippen LogP contribution in [-0.2, 0) is 19.7 Å². The molecule has 0 aromatic heterocycles. The van der Waals surface area contributed by atoms with Crippen molar-refractivity contribution >= 4 is 16.2 Å². The molecule has 0 amide bonds. The first-order valence-corrected chi connectivity index (χ1v) is 7.42. The van der Waals surface area contributed by atoms with E-state index in [-0.39, 0.29) is 12.5 Å². The lowest BCUT2D eigenvalue weighted by molar-refractivity contribution is -0.141. The molecule has 2 rings (SSSR count). The van der Waals surface area contributed by atoms with E-state index in [4.69, 9.17) is 9.84 Å². The van der Waals surface area contributed by atoms with E-state index in [1.165, 1.54) is 4.31 Å². The highest BCUT2D eigenvalue weighted by Gasteiger charge is 2.45. The Morgan fingerprint density at radius 3 is 2.44 bits per heavy atom. The number of ether oxygens (including phenoxy) is 1. The Kier molecular flexibility index (Phi) is 3.90. The van der Waals surface area contributed by atoms with Crippen LogP contribution in [0, 0.1) is 5.92 Å². The van der Waals surface area contributed by atoms with Crippen molar-refractivity contribution in [2.24, 2.45) is 5.92 Å². The van der Waals surface area contributed by atoms with Crippen LogP contribution >= 0.6 is 0 Å². The van der Waals surface area contributed by atoms with Gasteiger partial charge < -0.3 is 9.84 Å². The van der Waals surface area contributed by atoms with Crippen molar-refractivity contribution in [2.45, 2.75) is 19.4 Å². The Morgan fingerprint density at radius 1 is 1.28 bits per heavy atom. The van der Waals surface area contributed by atoms with Gasteiger partial charge in [0, 0.05) is 19.6 Å². The fraction of sp³-hybridized carbons (Fsp3) is 0.900. The van der Waals surface area contributed by atoms with Crippen LogP contribution in [0.25, 0.3) is 0 Å². The maximum Gasteiger partial charge on any atom is 0.322 e. The van der Waals surface area contributed by atoms with Crippen molar-refractivity contribution in [3.05, 3.63) is 0 Å². The summed E-state index contributed by atoms with van der Waals surface area (Å²) in [5, 5.41) is 9.17. The van der Waals surface area contributed by atoms with E-state index in [2.05, 4.69) is 0 Å². The number of hydrogen-bond donors (Lipinski definition) is 1. The Bertz CT molecular complexity index is 418. The van der Waals surface area contributed by atoms with Gasteiger partial charge in [0.1, 0.15) is 6.04 Å². The van der Waals surface area contributed by atoms with Gasteiger partial charge in [-0.05, 0) is 12.3 Å². The maximum absolute atomic E-state index is 12.4. The molecule has 104 valence electrons. The molecule has 2 fully saturated rings. The van der Waals surface area contributed by atoms with Crippen molar-refractivity contribution in [1.82, 2.24) is 8.61 Å². The van der Waals surface area contributed by atoms with Crippen LogP contribution in [0.1, 0.15) is 13.3 Å². The summed E-state index contributed by atoms with van der Waals surface area (Å²) in [6, 6.07) is -0.946. The van der Waals surface area contributed by atoms with Gasteiger partial charge in [0.25, 0.3) is 10.2 Å². The highest BCUT2D eigenvalue weighted by atomic mass is 32.2. The highest BCUT2D eigenvalue weighted by Crippen LogP contribution is 2.28. The number of hydrogen-bond acceptors (Lipinski definition) is 4. The Balaban J connectivity index is 2.21. The number of morpholine rings is 1. The molecular weight excluding hydrogens is 260 g/mol. The third-order valence-electron chi connectivity index (χ3n) is 3.50. The topological polar surface area (TPSA) is 87.2 Å². The van der Waals surface area contributed by atoms with Crippen LogP contribution in [0.5, 0.6) is 0 Å². The summed E-state index contributed by atoms with van der Waals surface area (Å²) in [6.45, 7) is 3.35. The Labute approximate surface area is 106 Å². The number of rotatable bonds is 3. The highest BCUT2D eigenvalue weighted by molar-refractivity contribution is 7.86. The van der Waals surface area contributed by atoms with Gasteiger partial charge in [-0.3, -0.25) is 4.79 Å². The summed E-state index contributed by atoms with van der Waals surface area (Å²) in [5.74, 6) is -1.23. The average molecular weight is 278 g/mol. The predicted octanol–water partition coefficient (Wildman–Crippen LogP) is -0.642. The molecule has 2 aliphatic rings. The first-order chi connectivity index (χ1) is 8.44. The molecule has 0 spiro atoms. The van der Waals surface area contributed by atoms with Gasteiger partial charge in [0.15, 0.2) is 0 Å². The van der Waals surface area contributed by atoms with Crippen molar-refractivity contribution in [3.63, 3.8) is 0 Å². The Morgan fingerprint density at radius 2 is 1.89 bits per heavy atom. The summed E-state index contributed by atoms with van der Waals surface area (Å²) < 4.78 is 32.3. The van der Waals surface area contributed by atoms with E-state index in [9.17, 15) is 13.2 Å². The molecule has 0 radical (unpaired) electrons. The van der Waals surface area contributed by atoms with Crippen LogP contribution in [0.4, 0.5) is 0 Å². The monoisotopic (exact) mass is 278 g/mol. The predicted molar refractivity (Wildman–Crippen MR) is 63.2 cm³/mol. The van der Waals surface area contributed by atoms with Gasteiger partial charge in [-0.25, -0.2) is 0 Å². The molecule has 18 heavy (non-hydrogen) atoms. The molecule has 0 aromatic rings. The summed E-state index contributed by atoms with van der Waals surface area (Å²) in [7, 11) is -3.68. The standard InChI is InChI=1S/C10H18N2O5S/c1-8-2-3-12(9(8)10(13)14)18(15,16)11-4-6-17-7-5-11/h8-9H,2-7H2,1H3,(H,13,14). The quantitative estimate of drug-likeness (QED) is 0.742. The molecule has 1 N–H and O–H groups in total. The van der Waals surface area contributed by atoms with Crippen LogP contribution in [0.15, 0.2) is 0 Å². The molecule has 2 aliphatic heterocycles. The zero-order valence-electron chi connectivity index (χ0n) is 10.3. The lowest BCUT2D eigenvalue weighted by Gasteiger charge is -2.32. The van der Waals surface area contributed by atoms with Crippen LogP contribution in [0.3, 0.4) is 0 Å². The van der Waals surface area contributed by atoms with Crippen molar-refractivity contribution < 1.29 is 23.1 Å². The van der Waals surface area contributed by atoms with E-state index < -0.39 is 22.2 Å². The fourth-order valence-corrected chi connectivity index (χ4v) is 4.29. The fourth-order valence-electron chi connectivity index (χ4n) is 2.46. The van der Waals surface area contributed by atoms with E-state index in [0.29, 0.717) is 32.7 Å². The van der Waals surface area contributed by atoms with Crippen LogP contribution < -0.4 is 0 Å². The average Bonchev–Trinajstić information content (AvgIpc) is 2.73. The molecule has 0 aliphatic carbocycles. The SMILES string of the molecule is CC1CCN(S(=O)(=O)N2CCOCC2)C1C(=O)O. The minimum Gasteiger partial charge on any atom is -0.480 e. The third-order valence-corrected chi connectivity index (χ3v) is 5.52. The maximum atomic E-state index is 12.4. The molecule has 2 heterocycles. The first kappa shape index (κ1) is 13.7. The molecule has 7 nitrogen and oxygen atoms in total. The van der Waals surface area contributed by atoms with E-state index in [0.717, 1.165) is 4.31 Å². The first-order valence-electron chi connectivity index (χ1n) is 6.02. The second-order valence-corrected chi connectivity index (χ2v) is 6.56. The molecular formula is C10H18N2O5S. The summed E-state index contributed by atoms with van der Waals surface area (Å²) in [6.07, 6.45) is 0.584. The van der Waals surface area contributed by atoms with Gasteiger partial charge in [-0.2, -0.15) is 17.0 Å². The van der Waals surface area contributed by atoms with Crippen LogP contribution in [-0.4, -0.2) is 67.0 Å². The van der Waals surface area contributed by atoms with Gasteiger partial charge in [-0.15, -0.1) is 0 Å². The number of carboxylic acid groups (broad SMARTS) is 1. The van der Waals surface area contributed by atoms with Crippen molar-refractivity contribution in [2.75, 3.05) is 32.8 Å². The van der Waals surface area contributed by atoms with Crippen molar-refractivity contribution in [3.8, 4) is 0 Å². The number of carboxylic acids is 1. The molecule has 0 bridgehead atoms. The molecule has 0 saturated carbocycles. The zero-order chi connectivity index (χ0) is 13.3. The number of nitrogens with zero attached hydrogens (tertiary/aromatic N) is 2. The molecule has 8 heteroatoms. The number of carbonyl (C=O) groups is 1. The Hall–Kier alpha value is -0.700. The van der Waals surface area contributed by atoms with Crippen molar-refractivity contribution in [1.29, 1.82) is 0 Å². The molecule has 2 unspecified atom stereocenters. The zero-order valence-corrected chi connectivity index (χ0v) is 11.1. The number of aliphatic carboxylic acids is 1. The van der Waals surface area contributed by atoms with Gasteiger partial charge in [0.2, 0.25) is 0 Å². The second-order valence-electron chi connectivity index (χ2n) is 4.68. The van der Waals surface area contributed by atoms with Gasteiger partial charge in [-0.1, -0.05) is 6.92 Å². The summed E-state index contributed by atoms with van der Waals surface area (Å²) >= 11 is 0. The van der Waals surface area contributed by atoms with Gasteiger partial charge in [0.05, 0.1) is 13.2 Å². The smallest absolute Gasteiger partial charge is 0.322 e. The molecule has 0 aromatic carbocycles. The largest absolute Gasteiger partial charge is 0.480 e. The molecule has 2 atom stereocenters. The summed E-state index contributed by atoms with van der Waals surface area (Å²) in [5.41, 5.74) is 0.